The van der Waals surface area contributed by atoms with Crippen molar-refractivity contribution in [3.8, 4) is 5.75 Å². The lowest BCUT2D eigenvalue weighted by atomic mass is 10.2. The summed E-state index contributed by atoms with van der Waals surface area (Å²) in [7, 11) is 0. The highest BCUT2D eigenvalue weighted by Gasteiger charge is 2.31. The predicted molar refractivity (Wildman–Crippen MR) is 65.5 cm³/mol. The van der Waals surface area contributed by atoms with Crippen molar-refractivity contribution < 1.29 is 32.2 Å². The van der Waals surface area contributed by atoms with Crippen LogP contribution in [0.4, 0.5) is 13.2 Å². The van der Waals surface area contributed by atoms with Gasteiger partial charge in [0, 0.05) is 6.54 Å². The van der Waals surface area contributed by atoms with E-state index in [2.05, 4.69) is 10.1 Å². The second-order valence-electron chi connectivity index (χ2n) is 4.35. The van der Waals surface area contributed by atoms with Crippen molar-refractivity contribution in [1.29, 1.82) is 0 Å². The number of rotatable bonds is 4. The SMILES string of the molecule is O=C(NCc1cccc(OC(F)(F)F)c1)C1COCCO1. The van der Waals surface area contributed by atoms with Gasteiger partial charge in [-0.2, -0.15) is 0 Å². The monoisotopic (exact) mass is 305 g/mol. The molecular weight excluding hydrogens is 291 g/mol. The summed E-state index contributed by atoms with van der Waals surface area (Å²) in [6, 6.07) is 5.41. The van der Waals surface area contributed by atoms with Crippen LogP contribution in [0.15, 0.2) is 24.3 Å². The smallest absolute Gasteiger partial charge is 0.406 e. The Bertz CT molecular complexity index is 487. The summed E-state index contributed by atoms with van der Waals surface area (Å²) in [6.45, 7) is 1.03. The van der Waals surface area contributed by atoms with Gasteiger partial charge in [0.2, 0.25) is 0 Å². The molecule has 1 aromatic rings. The Hall–Kier alpha value is -1.80. The molecule has 1 aliphatic rings. The van der Waals surface area contributed by atoms with E-state index in [0.717, 1.165) is 0 Å². The molecule has 0 radical (unpaired) electrons. The van der Waals surface area contributed by atoms with E-state index in [-0.39, 0.29) is 24.8 Å². The van der Waals surface area contributed by atoms with E-state index in [9.17, 15) is 18.0 Å². The van der Waals surface area contributed by atoms with E-state index in [1.54, 1.807) is 6.07 Å². The van der Waals surface area contributed by atoms with Crippen LogP contribution in [0.2, 0.25) is 0 Å². The zero-order chi connectivity index (χ0) is 15.3. The second kappa shape index (κ2) is 6.77. The number of carbonyl (C=O) groups is 1. The molecule has 1 fully saturated rings. The summed E-state index contributed by atoms with van der Waals surface area (Å²) in [6.07, 6.45) is -5.43. The van der Waals surface area contributed by atoms with Crippen molar-refractivity contribution in [2.75, 3.05) is 19.8 Å². The highest BCUT2D eigenvalue weighted by atomic mass is 19.4. The third-order valence-corrected chi connectivity index (χ3v) is 2.71. The molecule has 0 aliphatic carbocycles. The lowest BCUT2D eigenvalue weighted by Gasteiger charge is -2.22. The van der Waals surface area contributed by atoms with Crippen molar-refractivity contribution in [3.63, 3.8) is 0 Å². The molecule has 116 valence electrons. The fourth-order valence-electron chi connectivity index (χ4n) is 1.79. The number of alkyl halides is 3. The first-order chi connectivity index (χ1) is 9.94. The zero-order valence-electron chi connectivity index (χ0n) is 11.0. The molecule has 1 saturated heterocycles. The maximum absolute atomic E-state index is 12.1. The van der Waals surface area contributed by atoms with Gasteiger partial charge in [0.15, 0.2) is 6.10 Å². The van der Waals surface area contributed by atoms with E-state index in [1.807, 2.05) is 0 Å². The Labute approximate surface area is 119 Å². The van der Waals surface area contributed by atoms with E-state index in [1.165, 1.54) is 18.2 Å². The van der Waals surface area contributed by atoms with Crippen LogP contribution in [0, 0.1) is 0 Å². The quantitative estimate of drug-likeness (QED) is 0.918. The minimum absolute atomic E-state index is 0.0771. The number of amides is 1. The fraction of sp³-hybridized carbons (Fsp3) is 0.462. The lowest BCUT2D eigenvalue weighted by Crippen LogP contribution is -2.42. The predicted octanol–water partition coefficient (Wildman–Crippen LogP) is 1.62. The molecule has 1 aromatic carbocycles. The summed E-state index contributed by atoms with van der Waals surface area (Å²) in [5, 5.41) is 2.58. The number of carbonyl (C=O) groups excluding carboxylic acids is 1. The number of nitrogens with one attached hydrogen (secondary N) is 1. The Kier molecular flexibility index (Phi) is 5.03. The first-order valence-electron chi connectivity index (χ1n) is 6.26. The summed E-state index contributed by atoms with van der Waals surface area (Å²) >= 11 is 0. The van der Waals surface area contributed by atoms with Crippen LogP contribution in [-0.2, 0) is 20.8 Å². The molecule has 8 heteroatoms. The van der Waals surface area contributed by atoms with Gasteiger partial charge in [0.25, 0.3) is 5.91 Å². The molecule has 1 amide bonds. The Morgan fingerprint density at radius 2 is 2.19 bits per heavy atom. The van der Waals surface area contributed by atoms with Gasteiger partial charge in [-0.05, 0) is 17.7 Å². The largest absolute Gasteiger partial charge is 0.573 e. The van der Waals surface area contributed by atoms with Crippen LogP contribution >= 0.6 is 0 Å². The van der Waals surface area contributed by atoms with Crippen molar-refractivity contribution in [2.24, 2.45) is 0 Å². The number of hydrogen-bond acceptors (Lipinski definition) is 4. The van der Waals surface area contributed by atoms with Gasteiger partial charge in [-0.15, -0.1) is 13.2 Å². The molecule has 1 unspecified atom stereocenters. The van der Waals surface area contributed by atoms with Gasteiger partial charge in [-0.3, -0.25) is 4.79 Å². The highest BCUT2D eigenvalue weighted by molar-refractivity contribution is 5.80. The molecule has 1 atom stereocenters. The Morgan fingerprint density at radius 1 is 1.38 bits per heavy atom. The number of ether oxygens (including phenoxy) is 3. The topological polar surface area (TPSA) is 56.8 Å². The van der Waals surface area contributed by atoms with E-state index < -0.39 is 12.5 Å². The number of hydrogen-bond donors (Lipinski definition) is 1. The maximum atomic E-state index is 12.1. The van der Waals surface area contributed by atoms with Crippen LogP contribution in [0.25, 0.3) is 0 Å². The molecule has 0 spiro atoms. The van der Waals surface area contributed by atoms with E-state index >= 15 is 0 Å². The normalized spacial score (nSPS) is 19.1. The van der Waals surface area contributed by atoms with Crippen molar-refractivity contribution in [1.82, 2.24) is 5.32 Å². The molecular formula is C13H14F3NO4. The second-order valence-corrected chi connectivity index (χ2v) is 4.35. The molecule has 0 aromatic heterocycles. The molecule has 0 bridgehead atoms. The summed E-state index contributed by atoms with van der Waals surface area (Å²) in [4.78, 5) is 11.8. The van der Waals surface area contributed by atoms with Gasteiger partial charge in [0.1, 0.15) is 5.75 Å². The van der Waals surface area contributed by atoms with Crippen LogP contribution in [-0.4, -0.2) is 38.2 Å². The molecule has 1 aliphatic heterocycles. The average Bonchev–Trinajstić information content (AvgIpc) is 2.44. The van der Waals surface area contributed by atoms with Gasteiger partial charge in [0.05, 0.1) is 19.8 Å². The van der Waals surface area contributed by atoms with E-state index in [0.29, 0.717) is 18.8 Å². The van der Waals surface area contributed by atoms with Gasteiger partial charge < -0.3 is 19.5 Å². The molecule has 5 nitrogen and oxygen atoms in total. The van der Waals surface area contributed by atoms with Crippen molar-refractivity contribution in [2.45, 2.75) is 19.0 Å². The van der Waals surface area contributed by atoms with Crippen LogP contribution < -0.4 is 10.1 Å². The minimum atomic E-state index is -4.74. The molecule has 2 rings (SSSR count). The van der Waals surface area contributed by atoms with Crippen molar-refractivity contribution >= 4 is 5.91 Å². The Morgan fingerprint density at radius 3 is 2.86 bits per heavy atom. The first kappa shape index (κ1) is 15.6. The average molecular weight is 305 g/mol. The summed E-state index contributed by atoms with van der Waals surface area (Å²) in [5.74, 6) is -0.691. The van der Waals surface area contributed by atoms with E-state index in [4.69, 9.17) is 9.47 Å². The molecule has 1 heterocycles. The van der Waals surface area contributed by atoms with Crippen molar-refractivity contribution in [3.05, 3.63) is 29.8 Å². The van der Waals surface area contributed by atoms with Gasteiger partial charge in [-0.25, -0.2) is 0 Å². The number of benzene rings is 1. The first-order valence-corrected chi connectivity index (χ1v) is 6.26. The van der Waals surface area contributed by atoms with Crippen LogP contribution in [0.5, 0.6) is 5.75 Å². The van der Waals surface area contributed by atoms with Gasteiger partial charge >= 0.3 is 6.36 Å². The standard InChI is InChI=1S/C13H14F3NO4/c14-13(15,16)21-10-3-1-2-9(6-10)7-17-12(18)11-8-19-4-5-20-11/h1-3,6,11H,4-5,7-8H2,(H,17,18). The Balaban J connectivity index is 1.87. The van der Waals surface area contributed by atoms with Gasteiger partial charge in [-0.1, -0.05) is 12.1 Å². The fourth-order valence-corrected chi connectivity index (χ4v) is 1.79. The third kappa shape index (κ3) is 5.24. The summed E-state index contributed by atoms with van der Waals surface area (Å²) in [5.41, 5.74) is 0.488. The highest BCUT2D eigenvalue weighted by Crippen LogP contribution is 2.23. The van der Waals surface area contributed by atoms with Crippen LogP contribution in [0.3, 0.4) is 0 Å². The maximum Gasteiger partial charge on any atom is 0.573 e. The lowest BCUT2D eigenvalue weighted by molar-refractivity contribution is -0.274. The molecule has 21 heavy (non-hydrogen) atoms. The molecule has 0 saturated carbocycles. The zero-order valence-corrected chi connectivity index (χ0v) is 11.0. The molecule has 1 N–H and O–H groups in total. The number of halogens is 3. The third-order valence-electron chi connectivity index (χ3n) is 2.71. The minimum Gasteiger partial charge on any atom is -0.406 e. The summed E-state index contributed by atoms with van der Waals surface area (Å²) < 4.78 is 50.4. The van der Waals surface area contributed by atoms with Crippen LogP contribution in [0.1, 0.15) is 5.56 Å².